The van der Waals surface area contributed by atoms with Crippen molar-refractivity contribution in [3.05, 3.63) is 32.1 Å². The number of rotatable bonds is 3. The van der Waals surface area contributed by atoms with Crippen LogP contribution in [-0.4, -0.2) is 9.97 Å². The molecular formula is C9H14N2O2. The molecule has 1 rings (SSSR count). The molecule has 72 valence electrons. The Morgan fingerprint density at radius 3 is 2.54 bits per heavy atom. The molecule has 0 atom stereocenters. The maximum Gasteiger partial charge on any atom is 0.325 e. The number of unbranched alkanes of at least 4 members (excludes halogenated alkanes) is 1. The Morgan fingerprint density at radius 2 is 1.92 bits per heavy atom. The molecule has 13 heavy (non-hydrogen) atoms. The third kappa shape index (κ3) is 2.31. The third-order valence-corrected chi connectivity index (χ3v) is 2.07. The number of hydrogen-bond acceptors (Lipinski definition) is 2. The third-order valence-electron chi connectivity index (χ3n) is 2.07. The van der Waals surface area contributed by atoms with Gasteiger partial charge in [0.2, 0.25) is 0 Å². The van der Waals surface area contributed by atoms with E-state index in [0.717, 1.165) is 25.0 Å². The maximum absolute atomic E-state index is 11.1. The molecule has 1 aromatic heterocycles. The minimum Gasteiger partial charge on any atom is -0.311 e. The molecule has 0 aliphatic rings. The number of aryl methyl sites for hydroxylation is 1. The van der Waals surface area contributed by atoms with Crippen LogP contribution in [0.2, 0.25) is 0 Å². The fourth-order valence-electron chi connectivity index (χ4n) is 1.20. The van der Waals surface area contributed by atoms with Crippen molar-refractivity contribution >= 4 is 0 Å². The lowest BCUT2D eigenvalue weighted by Crippen LogP contribution is -2.26. The monoisotopic (exact) mass is 182 g/mol. The summed E-state index contributed by atoms with van der Waals surface area (Å²) in [6, 6.07) is 0. The first kappa shape index (κ1) is 9.77. The average Bonchev–Trinajstić information content (AvgIpc) is 2.09. The minimum absolute atomic E-state index is 0.283. The molecule has 0 amide bonds. The van der Waals surface area contributed by atoms with Crippen LogP contribution in [0.5, 0.6) is 0 Å². The minimum atomic E-state index is -0.415. The molecule has 0 bridgehead atoms. The first-order valence-electron chi connectivity index (χ1n) is 4.47. The average molecular weight is 182 g/mol. The van der Waals surface area contributed by atoms with E-state index in [9.17, 15) is 9.59 Å². The van der Waals surface area contributed by atoms with E-state index >= 15 is 0 Å². The molecule has 0 aliphatic carbocycles. The van der Waals surface area contributed by atoms with Gasteiger partial charge in [0.15, 0.2) is 0 Å². The van der Waals surface area contributed by atoms with E-state index in [1.54, 1.807) is 6.92 Å². The molecule has 1 heterocycles. The van der Waals surface area contributed by atoms with E-state index < -0.39 is 5.69 Å². The molecular weight excluding hydrogens is 168 g/mol. The summed E-state index contributed by atoms with van der Waals surface area (Å²) >= 11 is 0. The lowest BCUT2D eigenvalue weighted by molar-refractivity contribution is 0.757. The van der Waals surface area contributed by atoms with E-state index in [4.69, 9.17) is 0 Å². The van der Waals surface area contributed by atoms with Gasteiger partial charge in [0.1, 0.15) is 0 Å². The predicted molar refractivity (Wildman–Crippen MR) is 51.0 cm³/mol. The first-order chi connectivity index (χ1) is 6.15. The van der Waals surface area contributed by atoms with Crippen molar-refractivity contribution in [1.82, 2.24) is 9.97 Å². The largest absolute Gasteiger partial charge is 0.325 e. The number of H-pyrrole nitrogens is 2. The van der Waals surface area contributed by atoms with Gasteiger partial charge in [-0.2, -0.15) is 0 Å². The Labute approximate surface area is 76.0 Å². The van der Waals surface area contributed by atoms with Crippen molar-refractivity contribution in [1.29, 1.82) is 0 Å². The molecule has 0 spiro atoms. The number of nitrogens with one attached hydrogen (secondary N) is 2. The molecule has 2 N–H and O–H groups in total. The van der Waals surface area contributed by atoms with Gasteiger partial charge in [0, 0.05) is 11.3 Å². The topological polar surface area (TPSA) is 65.7 Å². The van der Waals surface area contributed by atoms with Gasteiger partial charge in [-0.25, -0.2) is 4.79 Å². The van der Waals surface area contributed by atoms with Crippen LogP contribution in [0.15, 0.2) is 9.59 Å². The van der Waals surface area contributed by atoms with Crippen molar-refractivity contribution in [3.63, 3.8) is 0 Å². The molecule has 0 saturated heterocycles. The Morgan fingerprint density at radius 1 is 1.23 bits per heavy atom. The van der Waals surface area contributed by atoms with Crippen molar-refractivity contribution in [2.75, 3.05) is 0 Å². The van der Waals surface area contributed by atoms with Gasteiger partial charge in [-0.05, 0) is 19.8 Å². The van der Waals surface area contributed by atoms with Crippen molar-refractivity contribution in [2.45, 2.75) is 33.1 Å². The highest BCUT2D eigenvalue weighted by Gasteiger charge is 2.02. The van der Waals surface area contributed by atoms with Crippen LogP contribution < -0.4 is 11.2 Å². The fraction of sp³-hybridized carbons (Fsp3) is 0.556. The standard InChI is InChI=1S/C9H14N2O2/c1-3-4-5-7-6(2)8(12)11-9(13)10-7/h3-5H2,1-2H3,(H2,10,11,12,13). The van der Waals surface area contributed by atoms with Crippen molar-refractivity contribution < 1.29 is 0 Å². The zero-order chi connectivity index (χ0) is 9.84. The summed E-state index contributed by atoms with van der Waals surface area (Å²) in [5, 5.41) is 0. The summed E-state index contributed by atoms with van der Waals surface area (Å²) in [6.45, 7) is 3.79. The predicted octanol–water partition coefficient (Wildman–Crippen LogP) is 0.714. The van der Waals surface area contributed by atoms with E-state index in [1.165, 1.54) is 0 Å². The van der Waals surface area contributed by atoms with Gasteiger partial charge in [-0.15, -0.1) is 0 Å². The fourth-order valence-corrected chi connectivity index (χ4v) is 1.20. The van der Waals surface area contributed by atoms with Gasteiger partial charge < -0.3 is 4.98 Å². The molecule has 4 nitrogen and oxygen atoms in total. The second-order valence-electron chi connectivity index (χ2n) is 3.12. The van der Waals surface area contributed by atoms with Crippen LogP contribution in [0.25, 0.3) is 0 Å². The second-order valence-corrected chi connectivity index (χ2v) is 3.12. The second kappa shape index (κ2) is 4.07. The summed E-state index contributed by atoms with van der Waals surface area (Å²) in [5.41, 5.74) is 0.681. The molecule has 0 fully saturated rings. The Bertz CT molecular complexity index is 389. The van der Waals surface area contributed by atoms with Crippen molar-refractivity contribution in [3.8, 4) is 0 Å². The highest BCUT2D eigenvalue weighted by Crippen LogP contribution is 2.01. The normalized spacial score (nSPS) is 10.3. The Balaban J connectivity index is 3.06. The van der Waals surface area contributed by atoms with E-state index in [-0.39, 0.29) is 5.56 Å². The molecule has 0 unspecified atom stereocenters. The molecule has 0 saturated carbocycles. The Hall–Kier alpha value is -1.32. The maximum atomic E-state index is 11.1. The van der Waals surface area contributed by atoms with Crippen LogP contribution in [0, 0.1) is 6.92 Å². The quantitative estimate of drug-likeness (QED) is 0.723. The zero-order valence-corrected chi connectivity index (χ0v) is 7.94. The SMILES string of the molecule is CCCCc1[nH]c(=O)[nH]c(=O)c1C. The molecule has 4 heteroatoms. The van der Waals surface area contributed by atoms with Gasteiger partial charge in [-0.3, -0.25) is 9.78 Å². The molecule has 0 aliphatic heterocycles. The summed E-state index contributed by atoms with van der Waals surface area (Å²) in [7, 11) is 0. The highest BCUT2D eigenvalue weighted by atomic mass is 16.2. The van der Waals surface area contributed by atoms with Crippen LogP contribution >= 0.6 is 0 Å². The van der Waals surface area contributed by atoms with E-state index in [0.29, 0.717) is 5.56 Å². The number of aromatic amines is 2. The van der Waals surface area contributed by atoms with E-state index in [2.05, 4.69) is 16.9 Å². The smallest absolute Gasteiger partial charge is 0.311 e. The lowest BCUT2D eigenvalue weighted by atomic mass is 10.1. The van der Waals surface area contributed by atoms with E-state index in [1.807, 2.05) is 0 Å². The van der Waals surface area contributed by atoms with Gasteiger partial charge in [0.25, 0.3) is 5.56 Å². The summed E-state index contributed by atoms with van der Waals surface area (Å²) < 4.78 is 0. The number of hydrogen-bond donors (Lipinski definition) is 2. The summed E-state index contributed by atoms with van der Waals surface area (Å²) in [4.78, 5) is 26.9. The summed E-state index contributed by atoms with van der Waals surface area (Å²) in [5.74, 6) is 0. The summed E-state index contributed by atoms with van der Waals surface area (Å²) in [6.07, 6.45) is 2.80. The lowest BCUT2D eigenvalue weighted by Gasteiger charge is -2.01. The highest BCUT2D eigenvalue weighted by molar-refractivity contribution is 5.13. The number of aromatic nitrogens is 2. The van der Waals surface area contributed by atoms with Crippen LogP contribution in [0.4, 0.5) is 0 Å². The zero-order valence-electron chi connectivity index (χ0n) is 7.94. The van der Waals surface area contributed by atoms with Gasteiger partial charge in [0.05, 0.1) is 0 Å². The molecule has 0 radical (unpaired) electrons. The first-order valence-corrected chi connectivity index (χ1v) is 4.47. The molecule has 0 aromatic carbocycles. The van der Waals surface area contributed by atoms with Crippen LogP contribution in [0.1, 0.15) is 31.0 Å². The van der Waals surface area contributed by atoms with Crippen LogP contribution in [-0.2, 0) is 6.42 Å². The van der Waals surface area contributed by atoms with Gasteiger partial charge in [-0.1, -0.05) is 13.3 Å². The molecule has 1 aromatic rings. The van der Waals surface area contributed by atoms with Crippen molar-refractivity contribution in [2.24, 2.45) is 0 Å². The van der Waals surface area contributed by atoms with Crippen LogP contribution in [0.3, 0.4) is 0 Å². The van der Waals surface area contributed by atoms with Gasteiger partial charge >= 0.3 is 5.69 Å². The Kier molecular flexibility index (Phi) is 3.06.